The van der Waals surface area contributed by atoms with Crippen molar-refractivity contribution < 1.29 is 8.42 Å². The minimum atomic E-state index is -3.82. The molecule has 2 rings (SSSR count). The van der Waals surface area contributed by atoms with Crippen LogP contribution < -0.4 is 10.5 Å². The lowest BCUT2D eigenvalue weighted by Gasteiger charge is -2.08. The van der Waals surface area contributed by atoms with Gasteiger partial charge in [0.25, 0.3) is 10.0 Å². The number of sulfonamides is 1. The molecular weight excluding hydrogens is 268 g/mol. The topological polar surface area (TPSA) is 127 Å². The molecule has 0 unspecified atom stereocenters. The summed E-state index contributed by atoms with van der Waals surface area (Å²) in [7, 11) is -2.26. The Bertz CT molecular complexity index is 722. The van der Waals surface area contributed by atoms with Crippen molar-refractivity contribution in [1.29, 1.82) is 5.26 Å². The Balaban J connectivity index is 2.35. The van der Waals surface area contributed by atoms with Gasteiger partial charge < -0.3 is 5.73 Å². The van der Waals surface area contributed by atoms with Crippen molar-refractivity contribution in [3.05, 3.63) is 30.2 Å². The molecule has 0 aliphatic heterocycles. The lowest BCUT2D eigenvalue weighted by molar-refractivity contribution is 0.600. The Labute approximate surface area is 109 Å². The van der Waals surface area contributed by atoms with Gasteiger partial charge >= 0.3 is 0 Å². The molecule has 2 aromatic rings. The maximum absolute atomic E-state index is 12.1. The second-order valence-electron chi connectivity index (χ2n) is 3.67. The van der Waals surface area contributed by atoms with Crippen LogP contribution in [0.3, 0.4) is 0 Å². The molecule has 0 saturated carbocycles. The summed E-state index contributed by atoms with van der Waals surface area (Å²) in [6.45, 7) is 0. The fourth-order valence-corrected chi connectivity index (χ4v) is 2.43. The van der Waals surface area contributed by atoms with Gasteiger partial charge in [0.15, 0.2) is 5.82 Å². The largest absolute Gasteiger partial charge is 0.394 e. The molecule has 0 aliphatic rings. The van der Waals surface area contributed by atoms with Gasteiger partial charge in [0, 0.05) is 13.2 Å². The number of aromatic nitrogens is 3. The molecule has 0 amide bonds. The first-order valence-electron chi connectivity index (χ1n) is 5.10. The maximum Gasteiger partial charge on any atom is 0.264 e. The van der Waals surface area contributed by atoms with Crippen LogP contribution in [0.5, 0.6) is 0 Å². The van der Waals surface area contributed by atoms with Gasteiger partial charge in [0.2, 0.25) is 0 Å². The van der Waals surface area contributed by atoms with Crippen LogP contribution in [0.15, 0.2) is 29.4 Å². The van der Waals surface area contributed by atoms with Gasteiger partial charge in [-0.15, -0.1) is 0 Å². The zero-order chi connectivity index (χ0) is 14.0. The summed E-state index contributed by atoms with van der Waals surface area (Å²) >= 11 is 0. The molecule has 8 nitrogen and oxygen atoms in total. The molecule has 9 heteroatoms. The van der Waals surface area contributed by atoms with E-state index in [9.17, 15) is 8.42 Å². The summed E-state index contributed by atoms with van der Waals surface area (Å²) in [6.07, 6.45) is 2.45. The fourth-order valence-electron chi connectivity index (χ4n) is 1.37. The molecule has 0 atom stereocenters. The number of pyridine rings is 1. The Hall–Kier alpha value is -2.60. The van der Waals surface area contributed by atoms with Gasteiger partial charge in [-0.2, -0.15) is 10.4 Å². The maximum atomic E-state index is 12.1. The molecule has 2 aromatic heterocycles. The van der Waals surface area contributed by atoms with E-state index < -0.39 is 10.0 Å². The van der Waals surface area contributed by atoms with Crippen molar-refractivity contribution in [2.75, 3.05) is 10.5 Å². The number of nitrogen functional groups attached to an aromatic ring is 1. The third-order valence-electron chi connectivity index (χ3n) is 2.36. The highest BCUT2D eigenvalue weighted by atomic mass is 32.2. The van der Waals surface area contributed by atoms with Crippen LogP contribution in [0.25, 0.3) is 0 Å². The van der Waals surface area contributed by atoms with Crippen LogP contribution in [-0.4, -0.2) is 23.2 Å². The quantitative estimate of drug-likeness (QED) is 0.817. The number of anilines is 2. The first-order chi connectivity index (χ1) is 8.94. The smallest absolute Gasteiger partial charge is 0.264 e. The number of aryl methyl sites for hydroxylation is 1. The lowest BCUT2D eigenvalue weighted by Crippen LogP contribution is -2.16. The Morgan fingerprint density at radius 3 is 2.63 bits per heavy atom. The summed E-state index contributed by atoms with van der Waals surface area (Å²) < 4.78 is 27.8. The number of rotatable bonds is 3. The molecule has 0 radical (unpaired) electrons. The van der Waals surface area contributed by atoms with Crippen LogP contribution in [0.1, 0.15) is 5.69 Å². The van der Waals surface area contributed by atoms with E-state index in [0.29, 0.717) is 0 Å². The minimum absolute atomic E-state index is 0.0629. The summed E-state index contributed by atoms with van der Waals surface area (Å²) in [5.41, 5.74) is 5.96. The van der Waals surface area contributed by atoms with Gasteiger partial charge in [-0.1, -0.05) is 0 Å². The van der Waals surface area contributed by atoms with Crippen LogP contribution in [0, 0.1) is 11.3 Å². The van der Waals surface area contributed by atoms with E-state index in [2.05, 4.69) is 14.8 Å². The van der Waals surface area contributed by atoms with Gasteiger partial charge in [0.1, 0.15) is 16.7 Å². The fraction of sp³-hybridized carbons (Fsp3) is 0.100. The second-order valence-corrected chi connectivity index (χ2v) is 5.35. The predicted molar refractivity (Wildman–Crippen MR) is 67.4 cm³/mol. The number of hydrogen-bond acceptors (Lipinski definition) is 6. The Kier molecular flexibility index (Phi) is 3.10. The van der Waals surface area contributed by atoms with Crippen LogP contribution >= 0.6 is 0 Å². The highest BCUT2D eigenvalue weighted by Gasteiger charge is 2.18. The molecular formula is C10H10N6O2S. The number of nitriles is 1. The zero-order valence-electron chi connectivity index (χ0n) is 9.90. The molecule has 0 fully saturated rings. The molecule has 2 heterocycles. The molecule has 0 saturated heterocycles. The average Bonchev–Trinajstić information content (AvgIpc) is 2.70. The van der Waals surface area contributed by atoms with E-state index in [1.165, 1.54) is 23.0 Å². The van der Waals surface area contributed by atoms with E-state index in [4.69, 9.17) is 11.0 Å². The standard InChI is InChI=1S/C10H10N6O2S/c1-16-10(9(12)6-14-16)15-19(17,18)8-3-2-7(4-11)13-5-8/h2-3,5-6,15H,12H2,1H3. The van der Waals surface area contributed by atoms with Crippen molar-refractivity contribution >= 4 is 21.5 Å². The van der Waals surface area contributed by atoms with E-state index in [1.54, 1.807) is 7.05 Å². The summed E-state index contributed by atoms with van der Waals surface area (Å²) in [4.78, 5) is 3.64. The first-order valence-corrected chi connectivity index (χ1v) is 6.59. The van der Waals surface area contributed by atoms with Crippen molar-refractivity contribution in [3.63, 3.8) is 0 Å². The predicted octanol–water partition coefficient (Wildman–Crippen LogP) is 0.0698. The summed E-state index contributed by atoms with van der Waals surface area (Å²) in [5, 5.41) is 12.4. The molecule has 0 bridgehead atoms. The monoisotopic (exact) mass is 278 g/mol. The average molecular weight is 278 g/mol. The Morgan fingerprint density at radius 2 is 2.16 bits per heavy atom. The van der Waals surface area contributed by atoms with Crippen molar-refractivity contribution in [2.24, 2.45) is 7.05 Å². The molecule has 98 valence electrons. The van der Waals surface area contributed by atoms with Crippen molar-refractivity contribution in [2.45, 2.75) is 4.90 Å². The van der Waals surface area contributed by atoms with Crippen LogP contribution in [-0.2, 0) is 17.1 Å². The SMILES string of the molecule is Cn1ncc(N)c1NS(=O)(=O)c1ccc(C#N)nc1. The van der Waals surface area contributed by atoms with Gasteiger partial charge in [-0.25, -0.2) is 13.4 Å². The van der Waals surface area contributed by atoms with Gasteiger partial charge in [-0.05, 0) is 12.1 Å². The number of nitrogens with one attached hydrogen (secondary N) is 1. The van der Waals surface area contributed by atoms with Gasteiger partial charge in [-0.3, -0.25) is 9.40 Å². The van der Waals surface area contributed by atoms with Crippen molar-refractivity contribution in [3.8, 4) is 6.07 Å². The normalized spacial score (nSPS) is 10.9. The Morgan fingerprint density at radius 1 is 1.42 bits per heavy atom. The molecule has 0 aromatic carbocycles. The molecule has 0 spiro atoms. The number of nitrogens with two attached hydrogens (primary N) is 1. The zero-order valence-corrected chi connectivity index (χ0v) is 10.7. The van der Waals surface area contributed by atoms with E-state index in [-0.39, 0.29) is 22.1 Å². The van der Waals surface area contributed by atoms with E-state index in [0.717, 1.165) is 6.20 Å². The van der Waals surface area contributed by atoms with Crippen LogP contribution in [0.2, 0.25) is 0 Å². The summed E-state index contributed by atoms with van der Waals surface area (Å²) in [6, 6.07) is 4.42. The number of hydrogen-bond donors (Lipinski definition) is 2. The highest BCUT2D eigenvalue weighted by molar-refractivity contribution is 7.92. The first kappa shape index (κ1) is 12.8. The summed E-state index contributed by atoms with van der Waals surface area (Å²) in [5.74, 6) is 0.171. The van der Waals surface area contributed by atoms with Gasteiger partial charge in [0.05, 0.1) is 11.9 Å². The minimum Gasteiger partial charge on any atom is -0.394 e. The highest BCUT2D eigenvalue weighted by Crippen LogP contribution is 2.20. The molecule has 0 aliphatic carbocycles. The molecule has 3 N–H and O–H groups in total. The van der Waals surface area contributed by atoms with Crippen LogP contribution in [0.4, 0.5) is 11.5 Å². The number of nitrogens with zero attached hydrogens (tertiary/aromatic N) is 4. The second kappa shape index (κ2) is 4.58. The third-order valence-corrected chi connectivity index (χ3v) is 3.68. The van der Waals surface area contributed by atoms with E-state index >= 15 is 0 Å². The van der Waals surface area contributed by atoms with Crippen molar-refractivity contribution in [1.82, 2.24) is 14.8 Å². The van der Waals surface area contributed by atoms with E-state index in [1.807, 2.05) is 6.07 Å². The third kappa shape index (κ3) is 2.48. The lowest BCUT2D eigenvalue weighted by atomic mass is 10.4. The molecule has 19 heavy (non-hydrogen) atoms.